The van der Waals surface area contributed by atoms with Crippen molar-refractivity contribution in [1.82, 2.24) is 0 Å². The van der Waals surface area contributed by atoms with Gasteiger partial charge >= 0.3 is 0 Å². The highest BCUT2D eigenvalue weighted by Crippen LogP contribution is 2.31. The Morgan fingerprint density at radius 2 is 1.06 bits per heavy atom. The molecule has 0 atom stereocenters. The van der Waals surface area contributed by atoms with E-state index >= 15 is 0 Å². The molecule has 178 valence electrons. The molecule has 0 fully saturated rings. The van der Waals surface area contributed by atoms with Crippen molar-refractivity contribution >= 4 is 46.6 Å². The summed E-state index contributed by atoms with van der Waals surface area (Å²) in [6.07, 6.45) is 15.8. The smallest absolute Gasteiger partial charge is 0.151 e. The molecule has 0 unspecified atom stereocenters. The number of aldehydes is 2. The average molecular weight is 501 g/mol. The third-order valence-corrected chi connectivity index (χ3v) is 9.49. The van der Waals surface area contributed by atoms with Gasteiger partial charge < -0.3 is 0 Å². The number of unbranched alkanes of at least 4 members (excludes halogenated alkanes) is 6. The zero-order valence-corrected chi connectivity index (χ0v) is 22.4. The van der Waals surface area contributed by atoms with Crippen LogP contribution in [-0.4, -0.2) is 12.6 Å². The van der Waals surface area contributed by atoms with Gasteiger partial charge in [-0.1, -0.05) is 52.4 Å². The molecule has 0 spiro atoms. The lowest BCUT2D eigenvalue weighted by atomic mass is 10.1. The maximum absolute atomic E-state index is 11.6. The van der Waals surface area contributed by atoms with Crippen LogP contribution in [0.2, 0.25) is 0 Å². The Morgan fingerprint density at radius 3 is 1.45 bits per heavy atom. The predicted octanol–water partition coefficient (Wildman–Crippen LogP) is 8.92. The largest absolute Gasteiger partial charge is 0.298 e. The molecule has 3 aromatic heterocycles. The lowest BCUT2D eigenvalue weighted by molar-refractivity contribution is 0.111. The van der Waals surface area contributed by atoms with Crippen LogP contribution in [0.5, 0.6) is 0 Å². The average Bonchev–Trinajstić information content (AvgIpc) is 3.53. The fraction of sp³-hybridized carbons (Fsp3) is 0.500. The summed E-state index contributed by atoms with van der Waals surface area (Å²) in [5.74, 6) is 0. The first-order valence-electron chi connectivity index (χ1n) is 12.4. The van der Waals surface area contributed by atoms with Gasteiger partial charge in [0.15, 0.2) is 12.6 Å². The second-order valence-electron chi connectivity index (χ2n) is 8.76. The Labute approximate surface area is 211 Å². The number of hydrogen-bond donors (Lipinski definition) is 0. The summed E-state index contributed by atoms with van der Waals surface area (Å²) in [6.45, 7) is 4.46. The first-order chi connectivity index (χ1) is 16.2. The minimum atomic E-state index is 0.825. The molecule has 0 saturated carbocycles. The van der Waals surface area contributed by atoms with Crippen molar-refractivity contribution in [3.63, 3.8) is 0 Å². The summed E-state index contributed by atoms with van der Waals surface area (Å²) in [6, 6.07) is 8.57. The van der Waals surface area contributed by atoms with Gasteiger partial charge in [-0.05, 0) is 49.9 Å². The van der Waals surface area contributed by atoms with Gasteiger partial charge in [0.2, 0.25) is 0 Å². The standard InChI is InChI=1S/C28H36O2S3/c1-3-5-7-9-11-23-15-21(19-29)27(32-23)17-25-13-14-26(31-25)18-28-22(20-30)16-24(33-28)12-10-8-6-4-2/h13-16,19-20H,3-12,17-18H2,1-2H3. The van der Waals surface area contributed by atoms with Gasteiger partial charge in [0.25, 0.3) is 0 Å². The van der Waals surface area contributed by atoms with E-state index < -0.39 is 0 Å². The number of carbonyl (C=O) groups is 2. The van der Waals surface area contributed by atoms with Crippen molar-refractivity contribution in [1.29, 1.82) is 0 Å². The highest BCUT2D eigenvalue weighted by Gasteiger charge is 2.13. The number of hydrogen-bond acceptors (Lipinski definition) is 5. The van der Waals surface area contributed by atoms with E-state index in [2.05, 4.69) is 38.1 Å². The lowest BCUT2D eigenvalue weighted by Crippen LogP contribution is -1.86. The van der Waals surface area contributed by atoms with E-state index in [0.29, 0.717) is 0 Å². The van der Waals surface area contributed by atoms with Gasteiger partial charge in [0, 0.05) is 53.2 Å². The van der Waals surface area contributed by atoms with E-state index in [1.807, 2.05) is 11.3 Å². The Balaban J connectivity index is 1.61. The van der Waals surface area contributed by atoms with Crippen LogP contribution in [0.1, 0.15) is 115 Å². The summed E-state index contributed by atoms with van der Waals surface area (Å²) >= 11 is 5.41. The molecule has 3 rings (SSSR count). The van der Waals surface area contributed by atoms with E-state index in [4.69, 9.17) is 0 Å². The summed E-state index contributed by atoms with van der Waals surface area (Å²) in [7, 11) is 0. The molecule has 0 amide bonds. The maximum Gasteiger partial charge on any atom is 0.151 e. The van der Waals surface area contributed by atoms with Crippen LogP contribution < -0.4 is 0 Å². The normalized spacial score (nSPS) is 11.2. The second kappa shape index (κ2) is 14.0. The summed E-state index contributed by atoms with van der Waals surface area (Å²) in [4.78, 5) is 30.8. The van der Waals surface area contributed by atoms with Gasteiger partial charge in [0.1, 0.15) is 0 Å². The molecule has 3 heterocycles. The van der Waals surface area contributed by atoms with E-state index in [0.717, 1.165) is 49.4 Å². The Bertz CT molecular complexity index is 930. The van der Waals surface area contributed by atoms with Crippen LogP contribution >= 0.6 is 34.0 Å². The molecule has 2 nitrogen and oxygen atoms in total. The fourth-order valence-corrected chi connectivity index (χ4v) is 7.73. The van der Waals surface area contributed by atoms with Gasteiger partial charge in [0.05, 0.1) is 0 Å². The third-order valence-electron chi connectivity index (χ3n) is 5.98. The van der Waals surface area contributed by atoms with Crippen molar-refractivity contribution in [2.45, 2.75) is 90.9 Å². The minimum absolute atomic E-state index is 0.825. The molecule has 0 saturated heterocycles. The van der Waals surface area contributed by atoms with Gasteiger partial charge in [-0.2, -0.15) is 0 Å². The molecule has 5 heteroatoms. The molecular formula is C28H36O2S3. The van der Waals surface area contributed by atoms with Crippen LogP contribution in [0.3, 0.4) is 0 Å². The number of thiophene rings is 3. The molecule has 0 aromatic carbocycles. The molecule has 0 aliphatic heterocycles. The second-order valence-corrected chi connectivity index (χ2v) is 12.5. The molecule has 33 heavy (non-hydrogen) atoms. The fourth-order valence-electron chi connectivity index (χ4n) is 4.10. The first-order valence-corrected chi connectivity index (χ1v) is 14.8. The van der Waals surface area contributed by atoms with Gasteiger partial charge in [-0.15, -0.1) is 34.0 Å². The number of rotatable bonds is 16. The zero-order valence-electron chi connectivity index (χ0n) is 20.0. The maximum atomic E-state index is 11.6. The first kappa shape index (κ1) is 26.1. The SMILES string of the molecule is CCCCCCc1cc(C=O)c(Cc2ccc(Cc3sc(CCCCCC)cc3C=O)s2)s1. The summed E-state index contributed by atoms with van der Waals surface area (Å²) < 4.78 is 0. The Hall–Kier alpha value is -1.56. The van der Waals surface area contributed by atoms with Crippen molar-refractivity contribution < 1.29 is 9.59 Å². The molecule has 3 aromatic rings. The highest BCUT2D eigenvalue weighted by atomic mass is 32.1. The predicted molar refractivity (Wildman–Crippen MR) is 145 cm³/mol. The third kappa shape index (κ3) is 8.01. The number of carbonyl (C=O) groups excluding carboxylic acids is 2. The van der Waals surface area contributed by atoms with Gasteiger partial charge in [-0.25, -0.2) is 0 Å². The molecule has 0 N–H and O–H groups in total. The quantitative estimate of drug-likeness (QED) is 0.145. The van der Waals surface area contributed by atoms with E-state index in [1.54, 1.807) is 22.7 Å². The van der Waals surface area contributed by atoms with Crippen LogP contribution in [0.4, 0.5) is 0 Å². The Morgan fingerprint density at radius 1 is 0.606 bits per heavy atom. The minimum Gasteiger partial charge on any atom is -0.298 e. The van der Waals surface area contributed by atoms with E-state index in [9.17, 15) is 9.59 Å². The zero-order chi connectivity index (χ0) is 23.5. The molecule has 0 radical (unpaired) electrons. The van der Waals surface area contributed by atoms with Crippen LogP contribution in [-0.2, 0) is 25.7 Å². The van der Waals surface area contributed by atoms with Gasteiger partial charge in [-0.3, -0.25) is 9.59 Å². The molecule has 0 aliphatic rings. The van der Waals surface area contributed by atoms with Crippen molar-refractivity contribution in [2.75, 3.05) is 0 Å². The molecule has 0 aliphatic carbocycles. The summed E-state index contributed by atoms with van der Waals surface area (Å²) in [5.41, 5.74) is 1.71. The summed E-state index contributed by atoms with van der Waals surface area (Å²) in [5, 5.41) is 0. The number of aryl methyl sites for hydroxylation is 2. The van der Waals surface area contributed by atoms with Crippen LogP contribution in [0, 0.1) is 0 Å². The highest BCUT2D eigenvalue weighted by molar-refractivity contribution is 7.14. The van der Waals surface area contributed by atoms with Crippen LogP contribution in [0.15, 0.2) is 24.3 Å². The van der Waals surface area contributed by atoms with E-state index in [-0.39, 0.29) is 0 Å². The van der Waals surface area contributed by atoms with E-state index in [1.165, 1.54) is 80.6 Å². The molecular weight excluding hydrogens is 465 g/mol. The topological polar surface area (TPSA) is 34.1 Å². The van der Waals surface area contributed by atoms with Crippen molar-refractivity contribution in [3.8, 4) is 0 Å². The van der Waals surface area contributed by atoms with Crippen LogP contribution in [0.25, 0.3) is 0 Å². The Kier molecular flexibility index (Phi) is 11.0. The van der Waals surface area contributed by atoms with Crippen molar-refractivity contribution in [2.24, 2.45) is 0 Å². The molecule has 0 bridgehead atoms. The van der Waals surface area contributed by atoms with Crippen molar-refractivity contribution in [3.05, 3.63) is 64.7 Å². The monoisotopic (exact) mass is 500 g/mol. The lowest BCUT2D eigenvalue weighted by Gasteiger charge is -1.98.